The number of nitrogens with zero attached hydrogens (tertiary/aromatic N) is 1. The summed E-state index contributed by atoms with van der Waals surface area (Å²) in [6.45, 7) is 2.51. The number of carbonyl (C=O) groups excluding carboxylic acids is 2. The number of amides is 2. The predicted molar refractivity (Wildman–Crippen MR) is 101 cm³/mol. The highest BCUT2D eigenvalue weighted by Crippen LogP contribution is 2.36. The summed E-state index contributed by atoms with van der Waals surface area (Å²) in [7, 11) is 0. The van der Waals surface area contributed by atoms with Crippen LogP contribution in [0.1, 0.15) is 18.9 Å². The number of hydrogen-bond acceptors (Lipinski definition) is 4. The Morgan fingerprint density at radius 3 is 2.07 bits per heavy atom. The Balaban J connectivity index is 1.83. The predicted octanol–water partition coefficient (Wildman–Crippen LogP) is 4.90. The Bertz CT molecular complexity index is 953. The van der Waals surface area contributed by atoms with Crippen molar-refractivity contribution in [3.8, 4) is 11.5 Å². The van der Waals surface area contributed by atoms with Gasteiger partial charge in [-0.1, -0.05) is 30.7 Å². The molecule has 2 aromatic carbocycles. The van der Waals surface area contributed by atoms with Crippen molar-refractivity contribution in [3.05, 3.63) is 59.1 Å². The quantitative estimate of drug-likeness (QED) is 0.618. The molecule has 0 atom stereocenters. The molecule has 0 unspecified atom stereocenters. The summed E-state index contributed by atoms with van der Waals surface area (Å²) in [6, 6.07) is 10.9. The molecule has 0 saturated carbocycles. The second-order valence-corrected chi connectivity index (χ2v) is 6.43. The lowest BCUT2D eigenvalue weighted by molar-refractivity contribution is -0.274. The van der Waals surface area contributed by atoms with E-state index in [-0.39, 0.29) is 16.3 Å². The van der Waals surface area contributed by atoms with Gasteiger partial charge in [-0.05, 0) is 48.4 Å². The van der Waals surface area contributed by atoms with E-state index in [4.69, 9.17) is 16.3 Å². The molecule has 0 saturated heterocycles. The van der Waals surface area contributed by atoms with Crippen LogP contribution in [0.2, 0.25) is 0 Å². The van der Waals surface area contributed by atoms with Crippen molar-refractivity contribution >= 4 is 34.7 Å². The summed E-state index contributed by atoms with van der Waals surface area (Å²) in [5.41, 5.74) is 0.511. The van der Waals surface area contributed by atoms with E-state index in [1.807, 2.05) is 6.92 Å². The van der Waals surface area contributed by atoms with Crippen LogP contribution in [0.3, 0.4) is 0 Å². The lowest BCUT2D eigenvalue weighted by Gasteiger charge is -2.16. The van der Waals surface area contributed by atoms with E-state index < -0.39 is 23.9 Å². The number of ether oxygens (including phenoxy) is 2. The summed E-state index contributed by atoms with van der Waals surface area (Å²) in [5.74, 6) is -1.29. The largest absolute Gasteiger partial charge is 0.573 e. The number of imide groups is 1. The average molecular weight is 426 g/mol. The molecule has 0 aliphatic carbocycles. The van der Waals surface area contributed by atoms with Crippen LogP contribution in [0.4, 0.5) is 18.9 Å². The lowest BCUT2D eigenvalue weighted by atomic mass is 10.1. The van der Waals surface area contributed by atoms with E-state index in [9.17, 15) is 22.8 Å². The first-order chi connectivity index (χ1) is 13.7. The normalized spacial score (nSPS) is 14.6. The smallest absolute Gasteiger partial charge is 0.494 e. The van der Waals surface area contributed by atoms with Crippen molar-refractivity contribution in [3.63, 3.8) is 0 Å². The molecule has 1 heterocycles. The van der Waals surface area contributed by atoms with E-state index in [0.717, 1.165) is 23.5 Å². The van der Waals surface area contributed by atoms with Crippen LogP contribution in [-0.2, 0) is 9.59 Å². The summed E-state index contributed by atoms with van der Waals surface area (Å²) in [5, 5.41) is -0.271. The van der Waals surface area contributed by atoms with Gasteiger partial charge in [-0.25, -0.2) is 4.90 Å². The van der Waals surface area contributed by atoms with Crippen LogP contribution < -0.4 is 14.4 Å². The Morgan fingerprint density at radius 2 is 1.52 bits per heavy atom. The van der Waals surface area contributed by atoms with Gasteiger partial charge >= 0.3 is 6.36 Å². The van der Waals surface area contributed by atoms with E-state index in [2.05, 4.69) is 4.74 Å². The lowest BCUT2D eigenvalue weighted by Crippen LogP contribution is -2.31. The molecule has 0 N–H and O–H groups in total. The third-order valence-electron chi connectivity index (χ3n) is 3.97. The maximum absolute atomic E-state index is 12.8. The molecule has 1 aliphatic rings. The maximum Gasteiger partial charge on any atom is 0.573 e. The van der Waals surface area contributed by atoms with Gasteiger partial charge in [0.1, 0.15) is 16.5 Å². The molecule has 0 fully saturated rings. The Hall–Kier alpha value is -3.00. The molecule has 0 radical (unpaired) electrons. The van der Waals surface area contributed by atoms with Crippen LogP contribution in [0.25, 0.3) is 5.57 Å². The molecular weight excluding hydrogens is 411 g/mol. The van der Waals surface area contributed by atoms with Gasteiger partial charge in [-0.15, -0.1) is 13.2 Å². The third-order valence-corrected chi connectivity index (χ3v) is 4.32. The molecule has 152 valence electrons. The molecular formula is C20H15ClF3NO4. The summed E-state index contributed by atoms with van der Waals surface area (Å²) < 4.78 is 46.1. The van der Waals surface area contributed by atoms with Crippen LogP contribution in [0.15, 0.2) is 53.6 Å². The summed E-state index contributed by atoms with van der Waals surface area (Å²) >= 11 is 6.11. The van der Waals surface area contributed by atoms with Gasteiger partial charge in [0.25, 0.3) is 11.8 Å². The first-order valence-electron chi connectivity index (χ1n) is 8.59. The highest BCUT2D eigenvalue weighted by atomic mass is 35.5. The maximum atomic E-state index is 12.8. The number of benzene rings is 2. The van der Waals surface area contributed by atoms with Gasteiger partial charge in [0, 0.05) is 0 Å². The van der Waals surface area contributed by atoms with Gasteiger partial charge in [0.15, 0.2) is 0 Å². The standard InChI is InChI=1S/C20H15ClF3NO4/c1-2-11-28-14-7-3-12(4-8-14)16-17(21)19(27)25(18(16)26)13-5-9-15(10-6-13)29-20(22,23)24/h3-10H,2,11H2,1H3. The van der Waals surface area contributed by atoms with Crippen LogP contribution in [0, 0.1) is 0 Å². The minimum atomic E-state index is -4.84. The van der Waals surface area contributed by atoms with Gasteiger partial charge in [-0.2, -0.15) is 0 Å². The number of alkyl halides is 3. The Morgan fingerprint density at radius 1 is 0.931 bits per heavy atom. The topological polar surface area (TPSA) is 55.8 Å². The van der Waals surface area contributed by atoms with Gasteiger partial charge < -0.3 is 9.47 Å². The molecule has 0 spiro atoms. The van der Waals surface area contributed by atoms with Crippen molar-refractivity contribution in [2.45, 2.75) is 19.7 Å². The van der Waals surface area contributed by atoms with Gasteiger partial charge in [0.05, 0.1) is 17.9 Å². The average Bonchev–Trinajstić information content (AvgIpc) is 2.89. The molecule has 1 aliphatic heterocycles. The number of hydrogen-bond donors (Lipinski definition) is 0. The number of rotatable bonds is 6. The number of anilines is 1. The zero-order valence-corrected chi connectivity index (χ0v) is 15.9. The third kappa shape index (κ3) is 4.54. The number of halogens is 4. The van der Waals surface area contributed by atoms with E-state index in [0.29, 0.717) is 17.9 Å². The van der Waals surface area contributed by atoms with Crippen LogP contribution in [0.5, 0.6) is 11.5 Å². The summed E-state index contributed by atoms with van der Waals surface area (Å²) in [6.07, 6.45) is -4.00. The molecule has 0 aromatic heterocycles. The zero-order chi connectivity index (χ0) is 21.2. The first kappa shape index (κ1) is 20.7. The second kappa shape index (κ2) is 8.16. The van der Waals surface area contributed by atoms with Crippen LogP contribution in [-0.4, -0.2) is 24.8 Å². The fraction of sp³-hybridized carbons (Fsp3) is 0.200. The van der Waals surface area contributed by atoms with Crippen LogP contribution >= 0.6 is 11.6 Å². The molecule has 0 bridgehead atoms. The highest BCUT2D eigenvalue weighted by molar-refractivity contribution is 6.60. The summed E-state index contributed by atoms with van der Waals surface area (Å²) in [4.78, 5) is 26.1. The minimum Gasteiger partial charge on any atom is -0.494 e. The van der Waals surface area contributed by atoms with Gasteiger partial charge in [-0.3, -0.25) is 9.59 Å². The first-order valence-corrected chi connectivity index (χ1v) is 8.96. The molecule has 29 heavy (non-hydrogen) atoms. The Labute approximate surface area is 169 Å². The molecule has 2 amide bonds. The molecule has 9 heteroatoms. The van der Waals surface area contributed by atoms with Gasteiger partial charge in [0.2, 0.25) is 0 Å². The second-order valence-electron chi connectivity index (χ2n) is 6.05. The van der Waals surface area contributed by atoms with Crippen molar-refractivity contribution in [1.82, 2.24) is 0 Å². The Kier molecular flexibility index (Phi) is 5.83. The SMILES string of the molecule is CCCOc1ccc(C2=C(Cl)C(=O)N(c3ccc(OC(F)(F)F)cc3)C2=O)cc1. The molecule has 2 aromatic rings. The van der Waals surface area contributed by atoms with Crippen molar-refractivity contribution in [1.29, 1.82) is 0 Å². The van der Waals surface area contributed by atoms with E-state index in [1.165, 1.54) is 12.1 Å². The van der Waals surface area contributed by atoms with E-state index in [1.54, 1.807) is 24.3 Å². The minimum absolute atomic E-state index is 0.00864. The fourth-order valence-corrected chi connectivity index (χ4v) is 3.00. The van der Waals surface area contributed by atoms with E-state index >= 15 is 0 Å². The van der Waals surface area contributed by atoms with Crippen molar-refractivity contribution < 1.29 is 32.2 Å². The molecule has 5 nitrogen and oxygen atoms in total. The van der Waals surface area contributed by atoms with Crippen molar-refractivity contribution in [2.75, 3.05) is 11.5 Å². The monoisotopic (exact) mass is 425 g/mol. The highest BCUT2D eigenvalue weighted by Gasteiger charge is 2.39. The zero-order valence-electron chi connectivity index (χ0n) is 15.1. The van der Waals surface area contributed by atoms with Crippen molar-refractivity contribution in [2.24, 2.45) is 0 Å². The fourth-order valence-electron chi connectivity index (χ4n) is 2.72. The number of carbonyl (C=O) groups is 2. The molecule has 3 rings (SSSR count).